The highest BCUT2D eigenvalue weighted by molar-refractivity contribution is 7.13. The van der Waals surface area contributed by atoms with Crippen molar-refractivity contribution in [2.24, 2.45) is 0 Å². The lowest BCUT2D eigenvalue weighted by atomic mass is 10.1. The van der Waals surface area contributed by atoms with E-state index in [1.165, 1.54) is 5.56 Å². The highest BCUT2D eigenvalue weighted by Crippen LogP contribution is 2.26. The molecule has 1 heterocycles. The standard InChI is InChI=1S/C16H19NO3S/c1-9-5-6-10(2)14(11(9)3)20-8-7-13-17-12(4)15(21-13)16(18)19/h5-6H,7-8H2,1-4H3,(H,18,19)/p-1. The van der Waals surface area contributed by atoms with E-state index in [-0.39, 0.29) is 4.88 Å². The van der Waals surface area contributed by atoms with Gasteiger partial charge >= 0.3 is 0 Å². The van der Waals surface area contributed by atoms with Crippen LogP contribution in [0.2, 0.25) is 0 Å². The van der Waals surface area contributed by atoms with Crippen LogP contribution in [0.3, 0.4) is 0 Å². The molecule has 0 aliphatic rings. The highest BCUT2D eigenvalue weighted by Gasteiger charge is 2.10. The van der Waals surface area contributed by atoms with Crippen LogP contribution < -0.4 is 9.84 Å². The molecule has 0 saturated heterocycles. The zero-order valence-electron chi connectivity index (χ0n) is 12.6. The molecule has 0 bridgehead atoms. The molecule has 112 valence electrons. The number of hydrogen-bond donors (Lipinski definition) is 0. The fraction of sp³-hybridized carbons (Fsp3) is 0.375. The van der Waals surface area contributed by atoms with Crippen molar-refractivity contribution in [1.82, 2.24) is 4.98 Å². The maximum atomic E-state index is 10.9. The molecule has 1 aromatic heterocycles. The second kappa shape index (κ2) is 6.26. The van der Waals surface area contributed by atoms with Crippen molar-refractivity contribution in [3.63, 3.8) is 0 Å². The number of carbonyl (C=O) groups is 1. The summed E-state index contributed by atoms with van der Waals surface area (Å²) in [6.45, 7) is 8.27. The molecule has 21 heavy (non-hydrogen) atoms. The highest BCUT2D eigenvalue weighted by atomic mass is 32.1. The quantitative estimate of drug-likeness (QED) is 0.850. The summed E-state index contributed by atoms with van der Waals surface area (Å²) in [6.07, 6.45) is 0.589. The number of aromatic nitrogens is 1. The molecule has 0 aliphatic heterocycles. The Morgan fingerprint density at radius 2 is 1.90 bits per heavy atom. The third-order valence-corrected chi connectivity index (χ3v) is 4.66. The van der Waals surface area contributed by atoms with Gasteiger partial charge < -0.3 is 14.6 Å². The summed E-state index contributed by atoms with van der Waals surface area (Å²) in [4.78, 5) is 15.3. The summed E-state index contributed by atoms with van der Waals surface area (Å²) in [5, 5.41) is 11.6. The van der Waals surface area contributed by atoms with Crippen molar-refractivity contribution in [3.05, 3.63) is 44.4 Å². The Balaban J connectivity index is 2.04. The van der Waals surface area contributed by atoms with Gasteiger partial charge in [0.15, 0.2) is 0 Å². The number of aryl methyl sites for hydroxylation is 3. The molecule has 1 aromatic carbocycles. The van der Waals surface area contributed by atoms with Crippen molar-refractivity contribution in [2.45, 2.75) is 34.1 Å². The van der Waals surface area contributed by atoms with Gasteiger partial charge in [-0.05, 0) is 44.4 Å². The Labute approximate surface area is 128 Å². The zero-order chi connectivity index (χ0) is 15.6. The lowest BCUT2D eigenvalue weighted by Crippen LogP contribution is -2.21. The van der Waals surface area contributed by atoms with Gasteiger partial charge in [0.2, 0.25) is 0 Å². The Kier molecular flexibility index (Phi) is 4.63. The summed E-state index contributed by atoms with van der Waals surface area (Å²) in [6, 6.07) is 4.12. The van der Waals surface area contributed by atoms with E-state index < -0.39 is 5.97 Å². The summed E-state index contributed by atoms with van der Waals surface area (Å²) in [5.74, 6) is -0.258. The lowest BCUT2D eigenvalue weighted by Gasteiger charge is -2.13. The molecule has 2 rings (SSSR count). The van der Waals surface area contributed by atoms with Crippen LogP contribution in [0.4, 0.5) is 0 Å². The predicted molar refractivity (Wildman–Crippen MR) is 81.0 cm³/mol. The van der Waals surface area contributed by atoms with Gasteiger partial charge in [-0.25, -0.2) is 4.98 Å². The Morgan fingerprint density at radius 1 is 1.24 bits per heavy atom. The van der Waals surface area contributed by atoms with Gasteiger partial charge in [-0.1, -0.05) is 12.1 Å². The molecule has 0 fully saturated rings. The predicted octanol–water partition coefficient (Wildman–Crippen LogP) is 2.36. The normalized spacial score (nSPS) is 10.7. The summed E-state index contributed by atoms with van der Waals surface area (Å²) < 4.78 is 5.87. The molecule has 4 nitrogen and oxygen atoms in total. The monoisotopic (exact) mass is 304 g/mol. The molecule has 0 amide bonds. The van der Waals surface area contributed by atoms with E-state index in [0.717, 1.165) is 33.2 Å². The maximum absolute atomic E-state index is 10.9. The van der Waals surface area contributed by atoms with Crippen LogP contribution in [0.5, 0.6) is 5.75 Å². The first-order chi connectivity index (χ1) is 9.90. The minimum atomic E-state index is -1.16. The van der Waals surface area contributed by atoms with Crippen LogP contribution in [-0.2, 0) is 6.42 Å². The van der Waals surface area contributed by atoms with Crippen LogP contribution in [0.25, 0.3) is 0 Å². The van der Waals surface area contributed by atoms with Crippen molar-refractivity contribution in [3.8, 4) is 5.75 Å². The van der Waals surface area contributed by atoms with Crippen LogP contribution in [0.1, 0.15) is 37.1 Å². The van der Waals surface area contributed by atoms with Gasteiger partial charge in [0.1, 0.15) is 5.75 Å². The number of carboxylic acid groups (broad SMARTS) is 1. The first-order valence-electron chi connectivity index (χ1n) is 6.77. The van der Waals surface area contributed by atoms with Crippen molar-refractivity contribution < 1.29 is 14.6 Å². The molecule has 0 radical (unpaired) electrons. The Hall–Kier alpha value is -1.88. The number of aromatic carboxylic acids is 1. The second-order valence-corrected chi connectivity index (χ2v) is 6.15. The van der Waals surface area contributed by atoms with Gasteiger partial charge in [0.05, 0.1) is 28.2 Å². The minimum Gasteiger partial charge on any atom is -0.544 e. The van der Waals surface area contributed by atoms with Gasteiger partial charge in [-0.3, -0.25) is 0 Å². The number of thiazole rings is 1. The molecule has 0 spiro atoms. The maximum Gasteiger partial charge on any atom is 0.125 e. The number of ether oxygens (including phenoxy) is 1. The van der Waals surface area contributed by atoms with Crippen LogP contribution in [-0.4, -0.2) is 17.6 Å². The molecule has 0 N–H and O–H groups in total. The number of benzene rings is 1. The van der Waals surface area contributed by atoms with E-state index in [4.69, 9.17) is 4.74 Å². The van der Waals surface area contributed by atoms with Crippen LogP contribution in [0.15, 0.2) is 12.1 Å². The average Bonchev–Trinajstić information content (AvgIpc) is 2.79. The fourth-order valence-corrected chi connectivity index (χ4v) is 3.02. The van der Waals surface area contributed by atoms with Crippen LogP contribution in [0, 0.1) is 27.7 Å². The molecule has 0 atom stereocenters. The van der Waals surface area contributed by atoms with E-state index in [2.05, 4.69) is 18.0 Å². The van der Waals surface area contributed by atoms with Gasteiger partial charge in [0.25, 0.3) is 0 Å². The number of hydrogen-bond acceptors (Lipinski definition) is 5. The number of rotatable bonds is 5. The first-order valence-corrected chi connectivity index (χ1v) is 7.59. The van der Waals surface area contributed by atoms with Crippen molar-refractivity contribution in [2.75, 3.05) is 6.61 Å². The molecule has 2 aromatic rings. The second-order valence-electron chi connectivity index (χ2n) is 5.06. The smallest absolute Gasteiger partial charge is 0.125 e. The van der Waals surface area contributed by atoms with E-state index in [1.807, 2.05) is 19.9 Å². The molecule has 0 unspecified atom stereocenters. The van der Waals surface area contributed by atoms with E-state index in [0.29, 0.717) is 18.7 Å². The molecule has 0 saturated carbocycles. The van der Waals surface area contributed by atoms with Gasteiger partial charge in [-0.2, -0.15) is 0 Å². The summed E-state index contributed by atoms with van der Waals surface area (Å²) >= 11 is 1.16. The third-order valence-electron chi connectivity index (χ3n) is 3.46. The largest absolute Gasteiger partial charge is 0.544 e. The SMILES string of the molecule is Cc1ccc(C)c(OCCc2nc(C)c(C(=O)[O-])s2)c1C. The molecule has 0 aliphatic carbocycles. The third kappa shape index (κ3) is 3.42. The van der Waals surface area contributed by atoms with Gasteiger partial charge in [-0.15, -0.1) is 11.3 Å². The van der Waals surface area contributed by atoms with Crippen LogP contribution >= 0.6 is 11.3 Å². The van der Waals surface area contributed by atoms with Crippen molar-refractivity contribution in [1.29, 1.82) is 0 Å². The number of nitrogens with zero attached hydrogens (tertiary/aromatic N) is 1. The fourth-order valence-electron chi connectivity index (χ4n) is 2.14. The minimum absolute atomic E-state index is 0.202. The topological polar surface area (TPSA) is 62.2 Å². The van der Waals surface area contributed by atoms with E-state index >= 15 is 0 Å². The number of carboxylic acids is 1. The van der Waals surface area contributed by atoms with E-state index in [1.54, 1.807) is 6.92 Å². The zero-order valence-corrected chi connectivity index (χ0v) is 13.5. The Bertz CT molecular complexity index is 676. The van der Waals surface area contributed by atoms with E-state index in [9.17, 15) is 9.90 Å². The average molecular weight is 304 g/mol. The summed E-state index contributed by atoms with van der Waals surface area (Å²) in [5.41, 5.74) is 3.95. The molecular weight excluding hydrogens is 286 g/mol. The molecule has 5 heteroatoms. The number of carbonyl (C=O) groups excluding carboxylic acids is 1. The molecular formula is C16H18NO3S-. The Morgan fingerprint density at radius 3 is 2.52 bits per heavy atom. The lowest BCUT2D eigenvalue weighted by molar-refractivity contribution is -0.254. The first kappa shape index (κ1) is 15.5. The summed E-state index contributed by atoms with van der Waals surface area (Å²) in [7, 11) is 0. The van der Waals surface area contributed by atoms with Crippen molar-refractivity contribution >= 4 is 17.3 Å². The van der Waals surface area contributed by atoms with Gasteiger partial charge in [0, 0.05) is 6.42 Å².